The van der Waals surface area contributed by atoms with Crippen molar-refractivity contribution in [2.45, 2.75) is 18.9 Å². The maximum Gasteiger partial charge on any atom is 0.236 e. The number of aryl methyl sites for hydroxylation is 1. The fourth-order valence-corrected chi connectivity index (χ4v) is 4.45. The van der Waals surface area contributed by atoms with E-state index in [0.29, 0.717) is 12.6 Å². The van der Waals surface area contributed by atoms with Crippen molar-refractivity contribution >= 4 is 11.6 Å². The lowest BCUT2D eigenvalue weighted by Gasteiger charge is -2.37. The van der Waals surface area contributed by atoms with Crippen LogP contribution in [0.15, 0.2) is 42.6 Å². The molecule has 6 heteroatoms. The Kier molecular flexibility index (Phi) is 5.57. The summed E-state index contributed by atoms with van der Waals surface area (Å²) in [6.45, 7) is 4.85. The standard InChI is InChI=1S/C22H30N4O2/c1-23-11-3-5-20(23)21-6-4-12-26(21)17-22(27)25-15-13-24(14-16-25)18-7-9-19(28-2)10-8-18/h3,5,7-11,21H,4,6,12-17H2,1-2H3. The number of carbonyl (C=O) groups excluding carboxylic acids is 1. The summed E-state index contributed by atoms with van der Waals surface area (Å²) in [5, 5.41) is 0. The van der Waals surface area contributed by atoms with Crippen LogP contribution in [0.4, 0.5) is 5.69 Å². The SMILES string of the molecule is COc1ccc(N2CCN(C(=O)CN3CCCC3c3cccn3C)CC2)cc1. The molecule has 1 aromatic heterocycles. The number of benzene rings is 1. The Hall–Kier alpha value is -2.47. The number of aromatic nitrogens is 1. The molecule has 28 heavy (non-hydrogen) atoms. The van der Waals surface area contributed by atoms with Gasteiger partial charge in [-0.05, 0) is 55.8 Å². The first-order chi connectivity index (χ1) is 13.7. The first kappa shape index (κ1) is 18.9. The van der Waals surface area contributed by atoms with Crippen molar-refractivity contribution in [3.05, 3.63) is 48.3 Å². The zero-order valence-corrected chi connectivity index (χ0v) is 16.9. The quantitative estimate of drug-likeness (QED) is 0.797. The molecule has 150 valence electrons. The van der Waals surface area contributed by atoms with Crippen molar-refractivity contribution < 1.29 is 9.53 Å². The highest BCUT2D eigenvalue weighted by molar-refractivity contribution is 5.78. The molecule has 1 unspecified atom stereocenters. The van der Waals surface area contributed by atoms with Gasteiger partial charge in [0.25, 0.3) is 0 Å². The second-order valence-electron chi connectivity index (χ2n) is 7.74. The minimum Gasteiger partial charge on any atom is -0.497 e. The molecule has 0 radical (unpaired) electrons. The van der Waals surface area contributed by atoms with Crippen LogP contribution in [0.3, 0.4) is 0 Å². The van der Waals surface area contributed by atoms with E-state index in [2.05, 4.69) is 51.9 Å². The molecule has 1 atom stereocenters. The van der Waals surface area contributed by atoms with Crippen molar-refractivity contribution in [2.24, 2.45) is 7.05 Å². The van der Waals surface area contributed by atoms with Crippen LogP contribution in [-0.4, -0.2) is 66.7 Å². The minimum absolute atomic E-state index is 0.260. The van der Waals surface area contributed by atoms with Crippen LogP contribution in [0, 0.1) is 0 Å². The number of ether oxygens (including phenoxy) is 1. The molecular formula is C22H30N4O2. The second-order valence-corrected chi connectivity index (χ2v) is 7.74. The van der Waals surface area contributed by atoms with Gasteiger partial charge in [-0.25, -0.2) is 0 Å². The van der Waals surface area contributed by atoms with E-state index in [1.807, 2.05) is 17.0 Å². The van der Waals surface area contributed by atoms with Gasteiger partial charge < -0.3 is 19.1 Å². The van der Waals surface area contributed by atoms with Crippen LogP contribution in [0.2, 0.25) is 0 Å². The summed E-state index contributed by atoms with van der Waals surface area (Å²) < 4.78 is 7.42. The van der Waals surface area contributed by atoms with Crippen LogP contribution in [0.5, 0.6) is 5.75 Å². The number of hydrogen-bond donors (Lipinski definition) is 0. The van der Waals surface area contributed by atoms with Crippen molar-refractivity contribution in [1.82, 2.24) is 14.4 Å². The second kappa shape index (κ2) is 8.27. The molecule has 2 saturated heterocycles. The summed E-state index contributed by atoms with van der Waals surface area (Å²) >= 11 is 0. The van der Waals surface area contributed by atoms with Crippen molar-refractivity contribution in [3.8, 4) is 5.75 Å². The molecule has 2 aromatic rings. The van der Waals surface area contributed by atoms with E-state index in [9.17, 15) is 4.79 Å². The summed E-state index contributed by atoms with van der Waals surface area (Å²) in [6, 6.07) is 12.8. The zero-order chi connectivity index (χ0) is 19.5. The highest BCUT2D eigenvalue weighted by Crippen LogP contribution is 2.31. The van der Waals surface area contributed by atoms with Crippen LogP contribution in [-0.2, 0) is 11.8 Å². The first-order valence-electron chi connectivity index (χ1n) is 10.2. The summed E-state index contributed by atoms with van der Waals surface area (Å²) in [7, 11) is 3.77. The molecule has 4 rings (SSSR count). The fourth-order valence-electron chi connectivity index (χ4n) is 4.45. The molecule has 1 aromatic carbocycles. The Bertz CT molecular complexity index is 793. The first-order valence-corrected chi connectivity index (χ1v) is 10.2. The van der Waals surface area contributed by atoms with Crippen LogP contribution in [0.1, 0.15) is 24.6 Å². The molecule has 0 saturated carbocycles. The number of piperazine rings is 1. The maximum atomic E-state index is 12.9. The third-order valence-electron chi connectivity index (χ3n) is 6.10. The van der Waals surface area contributed by atoms with Gasteiger partial charge in [0.05, 0.1) is 19.7 Å². The summed E-state index contributed by atoms with van der Waals surface area (Å²) in [6.07, 6.45) is 4.39. The number of rotatable bonds is 5. The molecule has 0 bridgehead atoms. The molecule has 2 fully saturated rings. The number of carbonyl (C=O) groups is 1. The van der Waals surface area contributed by atoms with Gasteiger partial charge in [-0.15, -0.1) is 0 Å². The zero-order valence-electron chi connectivity index (χ0n) is 16.9. The molecule has 0 N–H and O–H groups in total. The summed E-state index contributed by atoms with van der Waals surface area (Å²) in [5.74, 6) is 1.13. The van der Waals surface area contributed by atoms with Crippen LogP contribution in [0.25, 0.3) is 0 Å². The van der Waals surface area contributed by atoms with E-state index < -0.39 is 0 Å². The van der Waals surface area contributed by atoms with Gasteiger partial charge in [0.1, 0.15) is 5.75 Å². The lowest BCUT2D eigenvalue weighted by molar-refractivity contribution is -0.133. The Balaban J connectivity index is 1.32. The highest BCUT2D eigenvalue weighted by atomic mass is 16.5. The fraction of sp³-hybridized carbons (Fsp3) is 0.500. The van der Waals surface area contributed by atoms with Gasteiger partial charge in [0.2, 0.25) is 5.91 Å². The Labute approximate surface area is 167 Å². The predicted octanol–water partition coefficient (Wildman–Crippen LogP) is 2.52. The molecule has 0 spiro atoms. The van der Waals surface area contributed by atoms with Crippen molar-refractivity contribution in [1.29, 1.82) is 0 Å². The Morgan fingerprint density at radius 3 is 2.46 bits per heavy atom. The van der Waals surface area contributed by atoms with Gasteiger partial charge in [-0.2, -0.15) is 0 Å². The van der Waals surface area contributed by atoms with Crippen LogP contribution < -0.4 is 9.64 Å². The molecule has 0 aliphatic carbocycles. The summed E-state index contributed by atoms with van der Waals surface area (Å²) in [4.78, 5) is 19.6. The van der Waals surface area contributed by atoms with Gasteiger partial charge in [0.15, 0.2) is 0 Å². The number of likely N-dealkylation sites (tertiary alicyclic amines) is 1. The molecule has 1 amide bonds. The molecular weight excluding hydrogens is 352 g/mol. The average Bonchev–Trinajstić information content (AvgIpc) is 3.36. The third kappa shape index (κ3) is 3.87. The lowest BCUT2D eigenvalue weighted by atomic mass is 10.1. The van der Waals surface area contributed by atoms with E-state index in [4.69, 9.17) is 4.74 Å². The number of methoxy groups -OCH3 is 1. The van der Waals surface area contributed by atoms with Crippen molar-refractivity contribution in [3.63, 3.8) is 0 Å². The van der Waals surface area contributed by atoms with Gasteiger partial charge in [-0.3, -0.25) is 9.69 Å². The lowest BCUT2D eigenvalue weighted by Crippen LogP contribution is -2.51. The van der Waals surface area contributed by atoms with E-state index in [-0.39, 0.29) is 5.91 Å². The Morgan fingerprint density at radius 2 is 1.82 bits per heavy atom. The Morgan fingerprint density at radius 1 is 1.07 bits per heavy atom. The minimum atomic E-state index is 0.260. The van der Waals surface area contributed by atoms with Crippen molar-refractivity contribution in [2.75, 3.05) is 51.3 Å². The summed E-state index contributed by atoms with van der Waals surface area (Å²) in [5.41, 5.74) is 2.51. The van der Waals surface area contributed by atoms with Gasteiger partial charge in [-0.1, -0.05) is 0 Å². The number of nitrogens with zero attached hydrogens (tertiary/aromatic N) is 4. The number of hydrogen-bond acceptors (Lipinski definition) is 4. The van der Waals surface area contributed by atoms with E-state index >= 15 is 0 Å². The molecule has 2 aliphatic heterocycles. The normalized spacial score (nSPS) is 20.6. The molecule has 6 nitrogen and oxygen atoms in total. The maximum absolute atomic E-state index is 12.9. The smallest absolute Gasteiger partial charge is 0.236 e. The van der Waals surface area contributed by atoms with Gasteiger partial charge in [0, 0.05) is 50.8 Å². The largest absolute Gasteiger partial charge is 0.497 e. The third-order valence-corrected chi connectivity index (χ3v) is 6.10. The monoisotopic (exact) mass is 382 g/mol. The van der Waals surface area contributed by atoms with Crippen LogP contribution >= 0.6 is 0 Å². The van der Waals surface area contributed by atoms with Gasteiger partial charge >= 0.3 is 0 Å². The molecule has 2 aliphatic rings. The number of anilines is 1. The predicted molar refractivity (Wildman–Crippen MR) is 111 cm³/mol. The van der Waals surface area contributed by atoms with E-state index in [0.717, 1.165) is 51.3 Å². The van der Waals surface area contributed by atoms with E-state index in [1.165, 1.54) is 11.4 Å². The topological polar surface area (TPSA) is 41.0 Å². The average molecular weight is 383 g/mol. The number of amides is 1. The molecule has 3 heterocycles. The van der Waals surface area contributed by atoms with E-state index in [1.54, 1.807) is 7.11 Å². The highest BCUT2D eigenvalue weighted by Gasteiger charge is 2.31.